The first kappa shape index (κ1) is 13.0. The summed E-state index contributed by atoms with van der Waals surface area (Å²) in [6, 6.07) is 9.78. The summed E-state index contributed by atoms with van der Waals surface area (Å²) in [6.45, 7) is 1.10. The minimum Gasteiger partial charge on any atom is -1.00 e. The fourth-order valence-electron chi connectivity index (χ4n) is 2.11. The summed E-state index contributed by atoms with van der Waals surface area (Å²) in [6.07, 6.45) is 2.16. The molecule has 2 rings (SSSR count). The summed E-state index contributed by atoms with van der Waals surface area (Å²) in [5.74, 6) is 0.149. The molecule has 1 aliphatic rings. The molecule has 1 aromatic rings. The standard InChI is InChI=1S/C12H16N2O.ClH/c1-14-9-5-8-11(14)12(15)13-10-6-3-2-4-7-10;/h2-4,6-7,11H,5,8-9H2,1H3,(H,13,15);1H. The van der Waals surface area contributed by atoms with Crippen LogP contribution in [0.2, 0.25) is 0 Å². The lowest BCUT2D eigenvalue weighted by molar-refractivity contribution is -0.882. The van der Waals surface area contributed by atoms with Gasteiger partial charge in [0.15, 0.2) is 6.04 Å². The molecule has 2 unspecified atom stereocenters. The van der Waals surface area contributed by atoms with Crippen molar-refractivity contribution in [2.45, 2.75) is 18.9 Å². The van der Waals surface area contributed by atoms with Gasteiger partial charge in [0.25, 0.3) is 5.91 Å². The van der Waals surface area contributed by atoms with Gasteiger partial charge in [-0.15, -0.1) is 0 Å². The third-order valence-electron chi connectivity index (χ3n) is 3.02. The largest absolute Gasteiger partial charge is 1.00 e. The lowest BCUT2D eigenvalue weighted by Gasteiger charge is -2.15. The number of benzene rings is 1. The van der Waals surface area contributed by atoms with Gasteiger partial charge in [0, 0.05) is 18.5 Å². The van der Waals surface area contributed by atoms with Crippen molar-refractivity contribution in [1.29, 1.82) is 0 Å². The van der Waals surface area contributed by atoms with Crippen molar-refractivity contribution in [2.75, 3.05) is 18.9 Å². The number of halogens is 1. The smallest absolute Gasteiger partial charge is 0.282 e. The molecule has 0 saturated carbocycles. The number of carbonyl (C=O) groups is 1. The highest BCUT2D eigenvalue weighted by atomic mass is 35.5. The number of hydrogen-bond donors (Lipinski definition) is 2. The first-order valence-corrected chi connectivity index (χ1v) is 5.45. The number of rotatable bonds is 2. The minimum absolute atomic E-state index is 0. The molecule has 1 heterocycles. The summed E-state index contributed by atoms with van der Waals surface area (Å²) in [7, 11) is 2.09. The molecule has 4 heteroatoms. The first-order chi connectivity index (χ1) is 7.27. The van der Waals surface area contributed by atoms with E-state index in [0.717, 1.165) is 25.1 Å². The number of likely N-dealkylation sites (N-methyl/N-ethyl adjacent to an activating group) is 1. The van der Waals surface area contributed by atoms with E-state index in [0.29, 0.717) is 0 Å². The van der Waals surface area contributed by atoms with Gasteiger partial charge in [0.05, 0.1) is 13.6 Å². The van der Waals surface area contributed by atoms with Gasteiger partial charge in [-0.05, 0) is 12.1 Å². The molecule has 88 valence electrons. The molecule has 1 fully saturated rings. The molecule has 0 aliphatic carbocycles. The Hall–Kier alpha value is -1.06. The molecule has 16 heavy (non-hydrogen) atoms. The maximum absolute atomic E-state index is 11.9. The second-order valence-corrected chi connectivity index (χ2v) is 4.15. The Balaban J connectivity index is 0.00000128. The van der Waals surface area contributed by atoms with Gasteiger partial charge in [-0.2, -0.15) is 0 Å². The molecule has 1 saturated heterocycles. The SMILES string of the molecule is C[NH+]1CCCC1C(=O)Nc1ccccc1.[Cl-]. The number of nitrogens with one attached hydrogen (secondary N) is 2. The fraction of sp³-hybridized carbons (Fsp3) is 0.417. The van der Waals surface area contributed by atoms with E-state index < -0.39 is 0 Å². The van der Waals surface area contributed by atoms with Crippen LogP contribution in [0.25, 0.3) is 0 Å². The second kappa shape index (κ2) is 5.87. The van der Waals surface area contributed by atoms with Gasteiger partial charge in [-0.3, -0.25) is 4.79 Å². The summed E-state index contributed by atoms with van der Waals surface area (Å²) >= 11 is 0. The number of amides is 1. The zero-order chi connectivity index (χ0) is 10.7. The van der Waals surface area contributed by atoms with E-state index in [1.807, 2.05) is 30.3 Å². The molecule has 1 amide bonds. The Kier molecular flexibility index (Phi) is 4.77. The molecule has 3 nitrogen and oxygen atoms in total. The van der Waals surface area contributed by atoms with Crippen molar-refractivity contribution < 1.29 is 22.1 Å². The maximum Gasteiger partial charge on any atom is 0.282 e. The van der Waals surface area contributed by atoms with E-state index in [2.05, 4.69) is 12.4 Å². The van der Waals surface area contributed by atoms with E-state index in [1.165, 1.54) is 4.90 Å². The zero-order valence-corrected chi connectivity index (χ0v) is 10.1. The third-order valence-corrected chi connectivity index (χ3v) is 3.02. The van der Waals surface area contributed by atoms with Gasteiger partial charge in [-0.25, -0.2) is 0 Å². The van der Waals surface area contributed by atoms with Crippen LogP contribution in [0, 0.1) is 0 Å². The summed E-state index contributed by atoms with van der Waals surface area (Å²) in [5, 5.41) is 2.95. The van der Waals surface area contributed by atoms with Crippen molar-refractivity contribution in [3.8, 4) is 0 Å². The minimum atomic E-state index is 0. The highest BCUT2D eigenvalue weighted by Crippen LogP contribution is 2.07. The number of hydrogen-bond acceptors (Lipinski definition) is 1. The van der Waals surface area contributed by atoms with Crippen LogP contribution in [0.5, 0.6) is 0 Å². The van der Waals surface area contributed by atoms with E-state index in [-0.39, 0.29) is 24.4 Å². The predicted octanol–water partition coefficient (Wildman–Crippen LogP) is -2.69. The molecular weight excluding hydrogens is 224 g/mol. The van der Waals surface area contributed by atoms with Gasteiger partial charge >= 0.3 is 0 Å². The molecule has 0 spiro atoms. The van der Waals surface area contributed by atoms with Crippen molar-refractivity contribution in [1.82, 2.24) is 0 Å². The van der Waals surface area contributed by atoms with Crippen LogP contribution in [0.4, 0.5) is 5.69 Å². The quantitative estimate of drug-likeness (QED) is 0.580. The van der Waals surface area contributed by atoms with Crippen molar-refractivity contribution >= 4 is 11.6 Å². The lowest BCUT2D eigenvalue weighted by Crippen LogP contribution is -3.12. The molecular formula is C12H17ClN2O. The van der Waals surface area contributed by atoms with Gasteiger partial charge in [-0.1, -0.05) is 18.2 Å². The van der Waals surface area contributed by atoms with Crippen molar-refractivity contribution in [2.24, 2.45) is 0 Å². The van der Waals surface area contributed by atoms with Crippen LogP contribution in [0.3, 0.4) is 0 Å². The average molecular weight is 241 g/mol. The lowest BCUT2D eigenvalue weighted by atomic mass is 10.2. The summed E-state index contributed by atoms with van der Waals surface area (Å²) in [5.41, 5.74) is 0.891. The van der Waals surface area contributed by atoms with Crippen molar-refractivity contribution in [3.05, 3.63) is 30.3 Å². The van der Waals surface area contributed by atoms with Crippen LogP contribution in [0.1, 0.15) is 12.8 Å². The number of quaternary nitrogens is 1. The van der Waals surface area contributed by atoms with Crippen LogP contribution >= 0.6 is 0 Å². The highest BCUT2D eigenvalue weighted by Gasteiger charge is 2.31. The van der Waals surface area contributed by atoms with Crippen LogP contribution < -0.4 is 22.6 Å². The van der Waals surface area contributed by atoms with E-state index in [4.69, 9.17) is 0 Å². The first-order valence-electron chi connectivity index (χ1n) is 5.45. The van der Waals surface area contributed by atoms with E-state index >= 15 is 0 Å². The van der Waals surface area contributed by atoms with Crippen molar-refractivity contribution in [3.63, 3.8) is 0 Å². The van der Waals surface area contributed by atoms with Crippen LogP contribution in [-0.4, -0.2) is 25.5 Å². The van der Waals surface area contributed by atoms with Gasteiger partial charge < -0.3 is 22.6 Å². The third kappa shape index (κ3) is 2.97. The molecule has 2 N–H and O–H groups in total. The Bertz CT molecular complexity index is 342. The number of likely N-dealkylation sites (tertiary alicyclic amines) is 1. The predicted molar refractivity (Wildman–Crippen MR) is 59.8 cm³/mol. The van der Waals surface area contributed by atoms with Crippen LogP contribution in [0.15, 0.2) is 30.3 Å². The Morgan fingerprint density at radius 3 is 2.62 bits per heavy atom. The topological polar surface area (TPSA) is 33.5 Å². The number of carbonyl (C=O) groups excluding carboxylic acids is 1. The molecule has 1 aromatic carbocycles. The number of para-hydroxylation sites is 1. The monoisotopic (exact) mass is 240 g/mol. The zero-order valence-electron chi connectivity index (χ0n) is 9.37. The molecule has 0 aromatic heterocycles. The second-order valence-electron chi connectivity index (χ2n) is 4.15. The van der Waals surface area contributed by atoms with Gasteiger partial charge in [0.2, 0.25) is 0 Å². The van der Waals surface area contributed by atoms with E-state index in [9.17, 15) is 4.79 Å². The molecule has 2 atom stereocenters. The van der Waals surface area contributed by atoms with E-state index in [1.54, 1.807) is 0 Å². The number of anilines is 1. The molecule has 0 bridgehead atoms. The molecule has 0 radical (unpaired) electrons. The normalized spacial score (nSPS) is 23.6. The average Bonchev–Trinajstić information content (AvgIpc) is 2.66. The fourth-order valence-corrected chi connectivity index (χ4v) is 2.11. The highest BCUT2D eigenvalue weighted by molar-refractivity contribution is 5.93. The Morgan fingerprint density at radius 1 is 1.38 bits per heavy atom. The Morgan fingerprint density at radius 2 is 2.06 bits per heavy atom. The molecule has 1 aliphatic heterocycles. The summed E-state index contributed by atoms with van der Waals surface area (Å²) < 4.78 is 0. The Labute approximate surface area is 102 Å². The van der Waals surface area contributed by atoms with Crippen LogP contribution in [-0.2, 0) is 4.79 Å². The maximum atomic E-state index is 11.9. The summed E-state index contributed by atoms with van der Waals surface area (Å²) in [4.78, 5) is 13.2. The van der Waals surface area contributed by atoms with Gasteiger partial charge in [0.1, 0.15) is 0 Å².